The Kier molecular flexibility index (Phi) is 4.07. The topological polar surface area (TPSA) is 51.2 Å². The number of thioether (sulfide) groups is 1. The van der Waals surface area contributed by atoms with E-state index in [0.717, 1.165) is 30.4 Å². The van der Waals surface area contributed by atoms with Crippen LogP contribution in [0.4, 0.5) is 0 Å². The van der Waals surface area contributed by atoms with Gasteiger partial charge in [-0.05, 0) is 18.7 Å². The highest BCUT2D eigenvalue weighted by molar-refractivity contribution is 7.98. The van der Waals surface area contributed by atoms with Crippen molar-refractivity contribution in [2.75, 3.05) is 6.54 Å². The molecule has 0 aromatic carbocycles. The first kappa shape index (κ1) is 11.3. The molecule has 0 bridgehead atoms. The van der Waals surface area contributed by atoms with Crippen LogP contribution in [0, 0.1) is 0 Å². The fourth-order valence-electron chi connectivity index (χ4n) is 1.26. The van der Waals surface area contributed by atoms with Gasteiger partial charge in [0.15, 0.2) is 0 Å². The highest BCUT2D eigenvalue weighted by Crippen LogP contribution is 2.21. The monoisotopic (exact) mass is 238 g/mol. The lowest BCUT2D eigenvalue weighted by molar-refractivity contribution is 0.449. The summed E-state index contributed by atoms with van der Waals surface area (Å²) in [5.41, 5.74) is 0. The minimum atomic E-state index is 0.671. The number of hydrogen-bond acceptors (Lipinski definition) is 5. The summed E-state index contributed by atoms with van der Waals surface area (Å²) in [4.78, 5) is 4.03. The van der Waals surface area contributed by atoms with Crippen LogP contribution < -0.4 is 5.32 Å². The Labute approximate surface area is 98.4 Å². The van der Waals surface area contributed by atoms with Crippen molar-refractivity contribution in [1.29, 1.82) is 0 Å². The van der Waals surface area contributed by atoms with Crippen LogP contribution in [0.5, 0.6) is 0 Å². The Balaban J connectivity index is 1.83. The maximum absolute atomic E-state index is 5.63. The van der Waals surface area contributed by atoms with E-state index < -0.39 is 0 Å². The van der Waals surface area contributed by atoms with Crippen LogP contribution in [-0.4, -0.2) is 11.5 Å². The van der Waals surface area contributed by atoms with Crippen molar-refractivity contribution in [1.82, 2.24) is 10.3 Å². The molecule has 1 N–H and O–H groups in total. The summed E-state index contributed by atoms with van der Waals surface area (Å²) in [6, 6.07) is 3.98. The molecule has 0 aliphatic carbocycles. The van der Waals surface area contributed by atoms with Gasteiger partial charge in [0.05, 0.1) is 18.5 Å². The molecule has 0 atom stereocenters. The summed E-state index contributed by atoms with van der Waals surface area (Å²) >= 11 is 1.53. The fraction of sp³-hybridized carbons (Fsp3) is 0.364. The molecule has 2 rings (SSSR count). The molecule has 2 heterocycles. The van der Waals surface area contributed by atoms with Crippen molar-refractivity contribution >= 4 is 11.8 Å². The predicted octanol–water partition coefficient (Wildman–Crippen LogP) is 2.67. The summed E-state index contributed by atoms with van der Waals surface area (Å²) in [6.45, 7) is 3.80. The summed E-state index contributed by atoms with van der Waals surface area (Å²) in [7, 11) is 0. The lowest BCUT2D eigenvalue weighted by atomic mass is 10.4. The van der Waals surface area contributed by atoms with Gasteiger partial charge in [-0.25, -0.2) is 4.98 Å². The van der Waals surface area contributed by atoms with Gasteiger partial charge < -0.3 is 14.2 Å². The van der Waals surface area contributed by atoms with Crippen LogP contribution in [0.25, 0.3) is 0 Å². The van der Waals surface area contributed by atoms with Crippen molar-refractivity contribution in [2.24, 2.45) is 0 Å². The van der Waals surface area contributed by atoms with Crippen LogP contribution in [0.15, 0.2) is 38.6 Å². The number of nitrogens with zero attached hydrogens (tertiary/aromatic N) is 1. The molecule has 0 radical (unpaired) electrons. The second-order valence-corrected chi connectivity index (χ2v) is 4.16. The number of aromatic nitrogens is 1. The number of oxazole rings is 1. The molecule has 0 unspecified atom stereocenters. The van der Waals surface area contributed by atoms with E-state index in [-0.39, 0.29) is 0 Å². The van der Waals surface area contributed by atoms with E-state index in [0.29, 0.717) is 5.22 Å². The lowest BCUT2D eigenvalue weighted by Crippen LogP contribution is -2.10. The quantitative estimate of drug-likeness (QED) is 0.784. The zero-order chi connectivity index (χ0) is 11.2. The summed E-state index contributed by atoms with van der Waals surface area (Å²) in [5, 5.41) is 3.89. The highest BCUT2D eigenvalue weighted by atomic mass is 32.2. The maximum Gasteiger partial charge on any atom is 0.255 e. The van der Waals surface area contributed by atoms with E-state index in [1.165, 1.54) is 11.8 Å². The largest absolute Gasteiger partial charge is 0.464 e. The average Bonchev–Trinajstić information content (AvgIpc) is 2.95. The van der Waals surface area contributed by atoms with Crippen molar-refractivity contribution in [3.63, 3.8) is 0 Å². The summed E-state index contributed by atoms with van der Waals surface area (Å²) in [5.74, 6) is 2.65. The molecular weight excluding hydrogens is 224 g/mol. The molecule has 16 heavy (non-hydrogen) atoms. The Bertz CT molecular complexity index is 411. The van der Waals surface area contributed by atoms with Gasteiger partial charge >= 0.3 is 0 Å². The smallest absolute Gasteiger partial charge is 0.255 e. The normalized spacial score (nSPS) is 10.8. The Hall–Kier alpha value is -1.20. The van der Waals surface area contributed by atoms with E-state index in [2.05, 4.69) is 17.2 Å². The van der Waals surface area contributed by atoms with Gasteiger partial charge in [-0.2, -0.15) is 0 Å². The van der Waals surface area contributed by atoms with E-state index >= 15 is 0 Å². The third-order valence-electron chi connectivity index (χ3n) is 2.01. The fourth-order valence-corrected chi connectivity index (χ4v) is 1.94. The molecule has 86 valence electrons. The summed E-state index contributed by atoms with van der Waals surface area (Å²) in [6.07, 6.45) is 3.21. The Morgan fingerprint density at radius 1 is 1.38 bits per heavy atom. The molecule has 0 saturated heterocycles. The van der Waals surface area contributed by atoms with Crippen LogP contribution in [0.1, 0.15) is 18.4 Å². The van der Waals surface area contributed by atoms with Crippen LogP contribution in [0.3, 0.4) is 0 Å². The number of hydrogen-bond donors (Lipinski definition) is 1. The van der Waals surface area contributed by atoms with E-state index in [4.69, 9.17) is 8.83 Å². The van der Waals surface area contributed by atoms with Gasteiger partial charge in [-0.3, -0.25) is 0 Å². The molecule has 0 spiro atoms. The minimum Gasteiger partial charge on any atom is -0.464 e. The SMILES string of the molecule is CCNCc1ccc(CSc2ncco2)o1. The Morgan fingerprint density at radius 3 is 3.00 bits per heavy atom. The summed E-state index contributed by atoms with van der Waals surface area (Å²) < 4.78 is 10.8. The van der Waals surface area contributed by atoms with Crippen molar-refractivity contribution in [3.8, 4) is 0 Å². The average molecular weight is 238 g/mol. The Morgan fingerprint density at radius 2 is 2.25 bits per heavy atom. The third kappa shape index (κ3) is 3.15. The van der Waals surface area contributed by atoms with E-state index in [1.807, 2.05) is 12.1 Å². The van der Waals surface area contributed by atoms with Crippen molar-refractivity contribution in [2.45, 2.75) is 24.4 Å². The first-order valence-electron chi connectivity index (χ1n) is 5.19. The molecular formula is C11H14N2O2S. The highest BCUT2D eigenvalue weighted by Gasteiger charge is 2.04. The first-order valence-corrected chi connectivity index (χ1v) is 6.17. The standard InChI is InChI=1S/C11H14N2O2S/c1-2-12-7-9-3-4-10(15-9)8-16-11-13-5-6-14-11/h3-6,12H,2,7-8H2,1H3. The third-order valence-corrected chi connectivity index (χ3v) is 2.89. The van der Waals surface area contributed by atoms with Crippen LogP contribution >= 0.6 is 11.8 Å². The second-order valence-electron chi connectivity index (χ2n) is 3.24. The van der Waals surface area contributed by atoms with Gasteiger partial charge in [-0.1, -0.05) is 18.7 Å². The predicted molar refractivity (Wildman–Crippen MR) is 62.2 cm³/mol. The van der Waals surface area contributed by atoms with Gasteiger partial charge in [0.25, 0.3) is 5.22 Å². The molecule has 0 saturated carbocycles. The molecule has 5 heteroatoms. The first-order chi connectivity index (χ1) is 7.88. The molecule has 0 amide bonds. The van der Waals surface area contributed by atoms with Crippen molar-refractivity contribution in [3.05, 3.63) is 36.1 Å². The molecule has 4 nitrogen and oxygen atoms in total. The van der Waals surface area contributed by atoms with Crippen LogP contribution in [-0.2, 0) is 12.3 Å². The molecule has 2 aromatic rings. The van der Waals surface area contributed by atoms with Gasteiger partial charge in [0.2, 0.25) is 0 Å². The number of furan rings is 1. The van der Waals surface area contributed by atoms with Gasteiger partial charge in [0.1, 0.15) is 17.8 Å². The maximum atomic E-state index is 5.63. The molecule has 0 fully saturated rings. The zero-order valence-electron chi connectivity index (χ0n) is 9.10. The van der Waals surface area contributed by atoms with E-state index in [1.54, 1.807) is 12.5 Å². The molecule has 0 aliphatic heterocycles. The van der Waals surface area contributed by atoms with Crippen LogP contribution in [0.2, 0.25) is 0 Å². The van der Waals surface area contributed by atoms with Gasteiger partial charge in [0, 0.05) is 0 Å². The number of rotatable bonds is 6. The van der Waals surface area contributed by atoms with Crippen molar-refractivity contribution < 1.29 is 8.83 Å². The molecule has 0 aliphatic rings. The minimum absolute atomic E-state index is 0.671. The zero-order valence-corrected chi connectivity index (χ0v) is 9.92. The van der Waals surface area contributed by atoms with E-state index in [9.17, 15) is 0 Å². The molecule has 2 aromatic heterocycles. The van der Waals surface area contributed by atoms with Gasteiger partial charge in [-0.15, -0.1) is 0 Å². The number of nitrogens with one attached hydrogen (secondary N) is 1. The second kappa shape index (κ2) is 5.77. The lowest BCUT2D eigenvalue weighted by Gasteiger charge is -1.97.